The molecule has 0 aliphatic heterocycles. The molecular weight excluding hydrogens is 282 g/mol. The van der Waals surface area contributed by atoms with Crippen molar-refractivity contribution in [2.75, 3.05) is 0 Å². The van der Waals surface area contributed by atoms with E-state index in [0.29, 0.717) is 18.4 Å². The molecule has 1 aliphatic carbocycles. The van der Waals surface area contributed by atoms with Gasteiger partial charge in [0.2, 0.25) is 0 Å². The van der Waals surface area contributed by atoms with Gasteiger partial charge in [0, 0.05) is 0 Å². The van der Waals surface area contributed by atoms with E-state index in [2.05, 4.69) is 4.74 Å². The fourth-order valence-corrected chi connectivity index (χ4v) is 2.20. The fraction of sp³-hybridized carbons (Fsp3) is 0.364. The zero-order valence-corrected chi connectivity index (χ0v) is 10.4. The third-order valence-electron chi connectivity index (χ3n) is 2.89. The molecule has 0 spiro atoms. The molecule has 2 rings (SSSR count). The van der Waals surface area contributed by atoms with Gasteiger partial charge in [0.15, 0.2) is 0 Å². The molecule has 1 aromatic rings. The molecule has 5 nitrogen and oxygen atoms in total. The van der Waals surface area contributed by atoms with E-state index < -0.39 is 27.4 Å². The topological polar surface area (TPSA) is 80.7 Å². The number of rotatable bonds is 3. The van der Waals surface area contributed by atoms with E-state index in [-0.39, 0.29) is 0 Å². The molecule has 0 bridgehead atoms. The Morgan fingerprint density at radius 1 is 1.37 bits per heavy atom. The molecule has 1 unspecified atom stereocenters. The summed E-state index contributed by atoms with van der Waals surface area (Å²) in [7, 11) is -5.83. The van der Waals surface area contributed by atoms with Crippen molar-refractivity contribution in [2.24, 2.45) is 0 Å². The minimum Gasteiger partial charge on any atom is -0.452 e. The van der Waals surface area contributed by atoms with Crippen LogP contribution in [0.3, 0.4) is 0 Å². The predicted octanol–water partition coefficient (Wildman–Crippen LogP) is 1.70. The van der Waals surface area contributed by atoms with E-state index in [0.717, 1.165) is 5.56 Å². The van der Waals surface area contributed by atoms with Gasteiger partial charge in [0.25, 0.3) is 0 Å². The number of fused-ring (bicyclic) bond motifs is 1. The number of hydrogen-bond acceptors (Lipinski definition) is 4. The number of benzene rings is 1. The van der Waals surface area contributed by atoms with Crippen LogP contribution in [-0.2, 0) is 26.1 Å². The van der Waals surface area contributed by atoms with Gasteiger partial charge in [-0.1, -0.05) is 24.3 Å². The monoisotopic (exact) mass is 292 g/mol. The summed E-state index contributed by atoms with van der Waals surface area (Å²) in [6, 6.07) is 6.80. The van der Waals surface area contributed by atoms with Gasteiger partial charge in [-0.25, -0.2) is 4.79 Å². The zero-order valence-electron chi connectivity index (χ0n) is 9.55. The summed E-state index contributed by atoms with van der Waals surface area (Å²) >= 11 is 0. The second-order valence-electron chi connectivity index (χ2n) is 4.12. The van der Waals surface area contributed by atoms with E-state index in [1.807, 2.05) is 0 Å². The maximum Gasteiger partial charge on any atom is 0.465 e. The summed E-state index contributed by atoms with van der Waals surface area (Å²) in [5, 5.41) is -4.95. The van der Waals surface area contributed by atoms with Crippen molar-refractivity contribution < 1.29 is 31.3 Å². The van der Waals surface area contributed by atoms with Crippen molar-refractivity contribution in [3.05, 3.63) is 35.4 Å². The Hall–Kier alpha value is -1.54. The van der Waals surface area contributed by atoms with Crippen LogP contribution in [0.5, 0.6) is 0 Å². The first kappa shape index (κ1) is 13.9. The Morgan fingerprint density at radius 3 is 2.63 bits per heavy atom. The van der Waals surface area contributed by atoms with Gasteiger partial charge in [-0.3, -0.25) is 4.55 Å². The standard InChI is InChI=1S/C11H10F2O5S/c12-11(13,19(15,16)17)10(14)18-9-6-5-7-3-1-2-4-8(7)9/h1-4,9H,5-6H2,(H,15,16,17). The number of esters is 1. The molecule has 0 fully saturated rings. The summed E-state index contributed by atoms with van der Waals surface area (Å²) < 4.78 is 59.7. The van der Waals surface area contributed by atoms with Crippen LogP contribution < -0.4 is 0 Å². The van der Waals surface area contributed by atoms with Gasteiger partial charge >= 0.3 is 21.3 Å². The highest BCUT2D eigenvalue weighted by Crippen LogP contribution is 2.35. The van der Waals surface area contributed by atoms with E-state index in [4.69, 9.17) is 4.55 Å². The Labute approximate surface area is 107 Å². The Balaban J connectivity index is 2.19. The maximum atomic E-state index is 13.0. The van der Waals surface area contributed by atoms with Gasteiger partial charge < -0.3 is 4.74 Å². The normalized spacial score (nSPS) is 19.0. The van der Waals surface area contributed by atoms with E-state index >= 15 is 0 Å². The highest BCUT2D eigenvalue weighted by atomic mass is 32.2. The largest absolute Gasteiger partial charge is 0.465 e. The Morgan fingerprint density at radius 2 is 2.00 bits per heavy atom. The quantitative estimate of drug-likeness (QED) is 0.677. The van der Waals surface area contributed by atoms with E-state index in [1.54, 1.807) is 24.3 Å². The van der Waals surface area contributed by atoms with Crippen LogP contribution in [-0.4, -0.2) is 24.2 Å². The van der Waals surface area contributed by atoms with Crippen LogP contribution in [0.2, 0.25) is 0 Å². The van der Waals surface area contributed by atoms with Crippen molar-refractivity contribution in [3.63, 3.8) is 0 Å². The summed E-state index contributed by atoms with van der Waals surface area (Å²) in [5.41, 5.74) is 1.43. The van der Waals surface area contributed by atoms with Crippen LogP contribution in [0, 0.1) is 0 Å². The van der Waals surface area contributed by atoms with Crippen molar-refractivity contribution >= 4 is 16.1 Å². The molecule has 1 aliphatic rings. The first-order chi connectivity index (χ1) is 8.73. The molecule has 104 valence electrons. The van der Waals surface area contributed by atoms with Crippen LogP contribution >= 0.6 is 0 Å². The number of carbonyl (C=O) groups is 1. The average Bonchev–Trinajstić information content (AvgIpc) is 2.71. The van der Waals surface area contributed by atoms with Gasteiger partial charge in [-0.2, -0.15) is 17.2 Å². The van der Waals surface area contributed by atoms with Gasteiger partial charge in [0.1, 0.15) is 6.10 Å². The van der Waals surface area contributed by atoms with Crippen molar-refractivity contribution in [3.8, 4) is 0 Å². The number of carbonyl (C=O) groups excluding carboxylic acids is 1. The first-order valence-electron chi connectivity index (χ1n) is 5.37. The second kappa shape index (κ2) is 4.53. The summed E-state index contributed by atoms with van der Waals surface area (Å²) in [6.45, 7) is 0. The van der Waals surface area contributed by atoms with Crippen LogP contribution in [0.1, 0.15) is 23.7 Å². The third-order valence-corrected chi connectivity index (χ3v) is 3.70. The second-order valence-corrected chi connectivity index (χ2v) is 5.59. The minimum atomic E-state index is -5.83. The molecule has 0 amide bonds. The van der Waals surface area contributed by atoms with Gasteiger partial charge in [0.05, 0.1) is 0 Å². The summed E-state index contributed by atoms with van der Waals surface area (Å²) in [5.74, 6) is -2.27. The van der Waals surface area contributed by atoms with Crippen molar-refractivity contribution in [1.29, 1.82) is 0 Å². The molecule has 0 radical (unpaired) electrons. The first-order valence-corrected chi connectivity index (χ1v) is 6.81. The molecule has 0 saturated heterocycles. The third kappa shape index (κ3) is 2.45. The molecule has 1 aromatic carbocycles. The lowest BCUT2D eigenvalue weighted by Crippen LogP contribution is -2.39. The molecule has 1 atom stereocenters. The lowest BCUT2D eigenvalue weighted by molar-refractivity contribution is -0.167. The molecule has 0 aromatic heterocycles. The van der Waals surface area contributed by atoms with Crippen molar-refractivity contribution in [1.82, 2.24) is 0 Å². The van der Waals surface area contributed by atoms with Crippen LogP contribution in [0.15, 0.2) is 24.3 Å². The van der Waals surface area contributed by atoms with Crippen molar-refractivity contribution in [2.45, 2.75) is 24.2 Å². The van der Waals surface area contributed by atoms with Crippen LogP contribution in [0.4, 0.5) is 8.78 Å². The lowest BCUT2D eigenvalue weighted by Gasteiger charge is -2.17. The predicted molar refractivity (Wildman–Crippen MR) is 60.1 cm³/mol. The molecule has 19 heavy (non-hydrogen) atoms. The summed E-state index contributed by atoms with van der Waals surface area (Å²) in [4.78, 5) is 11.2. The summed E-state index contributed by atoms with van der Waals surface area (Å²) in [6.07, 6.45) is -0.0746. The molecule has 0 heterocycles. The van der Waals surface area contributed by atoms with E-state index in [1.165, 1.54) is 0 Å². The van der Waals surface area contributed by atoms with Crippen LogP contribution in [0.25, 0.3) is 0 Å². The lowest BCUT2D eigenvalue weighted by atomic mass is 10.1. The highest BCUT2D eigenvalue weighted by molar-refractivity contribution is 7.87. The zero-order chi connectivity index (χ0) is 14.3. The molecule has 1 N–H and O–H groups in total. The number of alkyl halides is 2. The Kier molecular flexibility index (Phi) is 3.31. The molecule has 0 saturated carbocycles. The Bertz CT molecular complexity index is 611. The molecule has 8 heteroatoms. The van der Waals surface area contributed by atoms with E-state index in [9.17, 15) is 22.0 Å². The number of hydrogen-bond donors (Lipinski definition) is 1. The minimum absolute atomic E-state index is 0.298. The molecular formula is C11H10F2O5S. The number of ether oxygens (including phenoxy) is 1. The fourth-order valence-electron chi connectivity index (χ4n) is 1.94. The maximum absolute atomic E-state index is 13.0. The average molecular weight is 292 g/mol. The smallest absolute Gasteiger partial charge is 0.452 e. The number of halogens is 2. The highest BCUT2D eigenvalue weighted by Gasteiger charge is 2.55. The number of aryl methyl sites for hydroxylation is 1. The van der Waals surface area contributed by atoms with Gasteiger partial charge in [-0.05, 0) is 24.0 Å². The van der Waals surface area contributed by atoms with Gasteiger partial charge in [-0.15, -0.1) is 0 Å². The SMILES string of the molecule is O=C(OC1CCc2ccccc21)C(F)(F)S(=O)(=O)O.